The fraction of sp³-hybridized carbons (Fsp3) is 0.923. The van der Waals surface area contributed by atoms with E-state index in [1.165, 1.54) is 0 Å². The first-order chi connectivity index (χ1) is 8.16. The molecule has 1 aliphatic heterocycles. The lowest BCUT2D eigenvalue weighted by Gasteiger charge is -2.35. The SMILES string of the molecule is CC1COCCN1C(=O)CC1CCC(N)CC1. The topological polar surface area (TPSA) is 55.6 Å². The van der Waals surface area contributed by atoms with Crippen LogP contribution in [0.15, 0.2) is 0 Å². The Morgan fingerprint density at radius 1 is 1.35 bits per heavy atom. The molecule has 1 heterocycles. The number of nitrogens with two attached hydrogens (primary N) is 1. The summed E-state index contributed by atoms with van der Waals surface area (Å²) in [5, 5.41) is 0. The third-order valence-electron chi connectivity index (χ3n) is 4.04. The van der Waals surface area contributed by atoms with E-state index < -0.39 is 0 Å². The van der Waals surface area contributed by atoms with Crippen LogP contribution in [0, 0.1) is 5.92 Å². The van der Waals surface area contributed by atoms with E-state index in [9.17, 15) is 4.79 Å². The smallest absolute Gasteiger partial charge is 0.223 e. The number of rotatable bonds is 2. The Bertz CT molecular complexity index is 262. The molecule has 2 fully saturated rings. The Labute approximate surface area is 103 Å². The standard InChI is InChI=1S/C13H24N2O2/c1-10-9-17-7-6-15(10)13(16)8-11-2-4-12(14)5-3-11/h10-12H,2-9,14H2,1H3. The van der Waals surface area contributed by atoms with Crippen molar-refractivity contribution in [2.24, 2.45) is 11.7 Å². The van der Waals surface area contributed by atoms with Crippen LogP contribution in [-0.2, 0) is 9.53 Å². The van der Waals surface area contributed by atoms with Crippen LogP contribution in [0.25, 0.3) is 0 Å². The van der Waals surface area contributed by atoms with Crippen molar-refractivity contribution in [3.05, 3.63) is 0 Å². The van der Waals surface area contributed by atoms with Crippen LogP contribution in [0.2, 0.25) is 0 Å². The molecule has 2 aliphatic rings. The summed E-state index contributed by atoms with van der Waals surface area (Å²) in [4.78, 5) is 14.2. The molecule has 1 atom stereocenters. The third kappa shape index (κ3) is 3.42. The van der Waals surface area contributed by atoms with Crippen molar-refractivity contribution >= 4 is 5.91 Å². The van der Waals surface area contributed by atoms with E-state index in [1.807, 2.05) is 4.90 Å². The number of morpholine rings is 1. The molecule has 0 aromatic heterocycles. The van der Waals surface area contributed by atoms with Gasteiger partial charge in [-0.2, -0.15) is 0 Å². The molecule has 1 unspecified atom stereocenters. The fourth-order valence-corrected chi connectivity index (χ4v) is 2.85. The summed E-state index contributed by atoms with van der Waals surface area (Å²) in [6.07, 6.45) is 5.10. The van der Waals surface area contributed by atoms with Gasteiger partial charge in [-0.25, -0.2) is 0 Å². The molecule has 0 aromatic carbocycles. The van der Waals surface area contributed by atoms with Gasteiger partial charge in [0.15, 0.2) is 0 Å². The number of nitrogens with zero attached hydrogens (tertiary/aromatic N) is 1. The molecule has 98 valence electrons. The minimum Gasteiger partial charge on any atom is -0.377 e. The number of carbonyl (C=O) groups excluding carboxylic acids is 1. The summed E-state index contributed by atoms with van der Waals surface area (Å²) >= 11 is 0. The summed E-state index contributed by atoms with van der Waals surface area (Å²) in [7, 11) is 0. The minimum absolute atomic E-state index is 0.238. The predicted molar refractivity (Wildman–Crippen MR) is 66.5 cm³/mol. The number of hydrogen-bond donors (Lipinski definition) is 1. The Morgan fingerprint density at radius 3 is 2.71 bits per heavy atom. The molecule has 4 nitrogen and oxygen atoms in total. The molecule has 2 N–H and O–H groups in total. The van der Waals surface area contributed by atoms with Crippen molar-refractivity contribution in [2.75, 3.05) is 19.8 Å². The average Bonchev–Trinajstić information content (AvgIpc) is 2.32. The fourth-order valence-electron chi connectivity index (χ4n) is 2.85. The van der Waals surface area contributed by atoms with Crippen LogP contribution < -0.4 is 5.73 Å². The second-order valence-corrected chi connectivity index (χ2v) is 5.50. The molecule has 0 bridgehead atoms. The molecule has 0 aromatic rings. The highest BCUT2D eigenvalue weighted by Gasteiger charge is 2.27. The van der Waals surface area contributed by atoms with Gasteiger partial charge in [-0.15, -0.1) is 0 Å². The highest BCUT2D eigenvalue weighted by molar-refractivity contribution is 5.76. The Morgan fingerprint density at radius 2 is 2.06 bits per heavy atom. The Balaban J connectivity index is 1.79. The number of hydrogen-bond acceptors (Lipinski definition) is 3. The zero-order chi connectivity index (χ0) is 12.3. The van der Waals surface area contributed by atoms with E-state index >= 15 is 0 Å². The quantitative estimate of drug-likeness (QED) is 0.787. The molecule has 2 rings (SSSR count). The lowest BCUT2D eigenvalue weighted by Crippen LogP contribution is -2.47. The Kier molecular flexibility index (Phi) is 4.40. The van der Waals surface area contributed by atoms with Crippen molar-refractivity contribution in [1.82, 2.24) is 4.90 Å². The minimum atomic E-state index is 0.238. The maximum Gasteiger partial charge on any atom is 0.223 e. The summed E-state index contributed by atoms with van der Waals surface area (Å²) < 4.78 is 5.36. The van der Waals surface area contributed by atoms with E-state index in [0.717, 1.165) is 32.2 Å². The van der Waals surface area contributed by atoms with Gasteiger partial charge in [0.2, 0.25) is 5.91 Å². The first-order valence-corrected chi connectivity index (χ1v) is 6.79. The van der Waals surface area contributed by atoms with E-state index in [4.69, 9.17) is 10.5 Å². The molecule has 0 spiro atoms. The molecular formula is C13H24N2O2. The molecule has 1 amide bonds. The first kappa shape index (κ1) is 12.8. The molecule has 1 saturated heterocycles. The largest absolute Gasteiger partial charge is 0.377 e. The van der Waals surface area contributed by atoms with Crippen molar-refractivity contribution in [1.29, 1.82) is 0 Å². The first-order valence-electron chi connectivity index (χ1n) is 6.79. The van der Waals surface area contributed by atoms with Crippen LogP contribution in [0.3, 0.4) is 0 Å². The molecule has 0 radical (unpaired) electrons. The van der Waals surface area contributed by atoms with Gasteiger partial charge in [0.25, 0.3) is 0 Å². The van der Waals surface area contributed by atoms with E-state index in [0.29, 0.717) is 37.5 Å². The van der Waals surface area contributed by atoms with Crippen LogP contribution >= 0.6 is 0 Å². The van der Waals surface area contributed by atoms with Crippen molar-refractivity contribution in [2.45, 2.75) is 51.1 Å². The highest BCUT2D eigenvalue weighted by atomic mass is 16.5. The number of carbonyl (C=O) groups is 1. The summed E-state index contributed by atoms with van der Waals surface area (Å²) in [5.41, 5.74) is 5.88. The van der Waals surface area contributed by atoms with Crippen LogP contribution in [0.4, 0.5) is 0 Å². The second-order valence-electron chi connectivity index (χ2n) is 5.50. The Hall–Kier alpha value is -0.610. The van der Waals surface area contributed by atoms with Crippen molar-refractivity contribution in [3.63, 3.8) is 0 Å². The van der Waals surface area contributed by atoms with E-state index in [1.54, 1.807) is 0 Å². The predicted octanol–water partition coefficient (Wildman–Crippen LogP) is 1.14. The molecule has 1 aliphatic carbocycles. The van der Waals surface area contributed by atoms with Gasteiger partial charge in [-0.3, -0.25) is 4.79 Å². The van der Waals surface area contributed by atoms with Gasteiger partial charge >= 0.3 is 0 Å². The maximum atomic E-state index is 12.2. The molecule has 1 saturated carbocycles. The maximum absolute atomic E-state index is 12.2. The van der Waals surface area contributed by atoms with Gasteiger partial charge in [0.1, 0.15) is 0 Å². The van der Waals surface area contributed by atoms with Crippen LogP contribution in [0.1, 0.15) is 39.0 Å². The lowest BCUT2D eigenvalue weighted by atomic mass is 9.84. The zero-order valence-corrected chi connectivity index (χ0v) is 10.7. The molecular weight excluding hydrogens is 216 g/mol. The van der Waals surface area contributed by atoms with E-state index in [2.05, 4.69) is 6.92 Å². The van der Waals surface area contributed by atoms with Gasteiger partial charge in [0.05, 0.1) is 19.3 Å². The van der Waals surface area contributed by atoms with Crippen molar-refractivity contribution in [3.8, 4) is 0 Å². The van der Waals surface area contributed by atoms with Gasteiger partial charge in [0, 0.05) is 19.0 Å². The number of amides is 1. The normalized spacial score (nSPS) is 34.7. The highest BCUT2D eigenvalue weighted by Crippen LogP contribution is 2.27. The average molecular weight is 240 g/mol. The van der Waals surface area contributed by atoms with Crippen molar-refractivity contribution < 1.29 is 9.53 Å². The van der Waals surface area contributed by atoms with Crippen LogP contribution in [-0.4, -0.2) is 42.6 Å². The van der Waals surface area contributed by atoms with Gasteiger partial charge < -0.3 is 15.4 Å². The van der Waals surface area contributed by atoms with E-state index in [-0.39, 0.29) is 6.04 Å². The second kappa shape index (κ2) is 5.83. The summed E-state index contributed by atoms with van der Waals surface area (Å²) in [6, 6.07) is 0.603. The molecule has 4 heteroatoms. The molecule has 17 heavy (non-hydrogen) atoms. The number of ether oxygens (including phenoxy) is 1. The third-order valence-corrected chi connectivity index (χ3v) is 4.04. The zero-order valence-electron chi connectivity index (χ0n) is 10.7. The monoisotopic (exact) mass is 240 g/mol. The van der Waals surface area contributed by atoms with Gasteiger partial charge in [-0.05, 0) is 38.5 Å². The van der Waals surface area contributed by atoms with Gasteiger partial charge in [-0.1, -0.05) is 0 Å². The summed E-state index contributed by atoms with van der Waals surface area (Å²) in [5.74, 6) is 0.860. The van der Waals surface area contributed by atoms with Crippen LogP contribution in [0.5, 0.6) is 0 Å². The lowest BCUT2D eigenvalue weighted by molar-refractivity contribution is -0.140. The summed E-state index contributed by atoms with van der Waals surface area (Å²) in [6.45, 7) is 4.19.